The maximum Gasteiger partial charge on any atom is 0.255 e. The van der Waals surface area contributed by atoms with E-state index in [0.29, 0.717) is 12.6 Å². The van der Waals surface area contributed by atoms with E-state index in [1.807, 2.05) is 12.1 Å². The van der Waals surface area contributed by atoms with Crippen molar-refractivity contribution >= 4 is 17.0 Å². The highest BCUT2D eigenvalue weighted by atomic mass is 16.1. The van der Waals surface area contributed by atoms with Crippen molar-refractivity contribution < 1.29 is 0 Å². The third-order valence-corrected chi connectivity index (χ3v) is 6.19. The van der Waals surface area contributed by atoms with Crippen molar-refractivity contribution in [3.63, 3.8) is 0 Å². The number of H-pyrrole nitrogens is 1. The van der Waals surface area contributed by atoms with Crippen LogP contribution in [0.2, 0.25) is 0 Å². The molecule has 0 radical (unpaired) electrons. The number of aromatic nitrogens is 4. The number of rotatable bonds is 3. The lowest BCUT2D eigenvalue weighted by Crippen LogP contribution is -2.41. The third kappa shape index (κ3) is 3.51. The van der Waals surface area contributed by atoms with Crippen LogP contribution >= 0.6 is 0 Å². The van der Waals surface area contributed by atoms with Crippen LogP contribution in [0.25, 0.3) is 11.0 Å². The second kappa shape index (κ2) is 7.55. The molecule has 7 heteroatoms. The van der Waals surface area contributed by atoms with Crippen LogP contribution in [0, 0.1) is 0 Å². The van der Waals surface area contributed by atoms with Crippen molar-refractivity contribution in [2.24, 2.45) is 0 Å². The normalized spacial score (nSPS) is 20.0. The van der Waals surface area contributed by atoms with Gasteiger partial charge in [-0.2, -0.15) is 0 Å². The second-order valence-corrected chi connectivity index (χ2v) is 8.15. The van der Waals surface area contributed by atoms with Crippen molar-refractivity contribution in [3.8, 4) is 0 Å². The third-order valence-electron chi connectivity index (χ3n) is 6.19. The van der Waals surface area contributed by atoms with Crippen LogP contribution in [0.1, 0.15) is 43.0 Å². The first kappa shape index (κ1) is 18.2. The second-order valence-electron chi connectivity index (χ2n) is 8.15. The number of anilines is 1. The number of fused-ring (bicyclic) bond motifs is 2. The number of piperidine rings is 1. The standard InChI is InChI=1S/C22H26N6O/c1-15-5-2-3-11-28(15)22-25-19-14-27(12-8-17(19)21(29)26-22)13-16-6-4-7-18-20(16)24-10-9-23-18/h4,6-7,9-10,15H,2-3,5,8,11-14H2,1H3,(H,25,26,29)/t15-/m1/s1. The van der Waals surface area contributed by atoms with Gasteiger partial charge in [0.2, 0.25) is 5.95 Å². The van der Waals surface area contributed by atoms with E-state index in [2.05, 4.69) is 37.7 Å². The summed E-state index contributed by atoms with van der Waals surface area (Å²) in [5, 5.41) is 0. The lowest BCUT2D eigenvalue weighted by atomic mass is 10.0. The number of aromatic amines is 1. The van der Waals surface area contributed by atoms with E-state index in [-0.39, 0.29) is 5.56 Å². The molecule has 29 heavy (non-hydrogen) atoms. The summed E-state index contributed by atoms with van der Waals surface area (Å²) in [5.74, 6) is 0.735. The number of benzene rings is 1. The largest absolute Gasteiger partial charge is 0.340 e. The average molecular weight is 390 g/mol. The lowest BCUT2D eigenvalue weighted by molar-refractivity contribution is 0.241. The van der Waals surface area contributed by atoms with Gasteiger partial charge in [0, 0.05) is 50.2 Å². The van der Waals surface area contributed by atoms with E-state index >= 15 is 0 Å². The zero-order chi connectivity index (χ0) is 19.8. The van der Waals surface area contributed by atoms with Crippen molar-refractivity contribution in [2.75, 3.05) is 18.0 Å². The Morgan fingerprint density at radius 2 is 2.07 bits per heavy atom. The van der Waals surface area contributed by atoms with Gasteiger partial charge in [0.25, 0.3) is 5.56 Å². The molecular weight excluding hydrogens is 364 g/mol. The van der Waals surface area contributed by atoms with Crippen LogP contribution in [0.5, 0.6) is 0 Å². The molecule has 1 aromatic carbocycles. The molecule has 1 saturated heterocycles. The number of para-hydroxylation sites is 1. The summed E-state index contributed by atoms with van der Waals surface area (Å²) in [7, 11) is 0. The van der Waals surface area contributed by atoms with Crippen molar-refractivity contribution in [3.05, 3.63) is 57.8 Å². The molecule has 0 unspecified atom stereocenters. The van der Waals surface area contributed by atoms with Gasteiger partial charge in [-0.05, 0) is 44.2 Å². The first-order valence-corrected chi connectivity index (χ1v) is 10.5. The van der Waals surface area contributed by atoms with E-state index in [9.17, 15) is 4.79 Å². The van der Waals surface area contributed by atoms with Crippen molar-refractivity contribution in [2.45, 2.75) is 51.7 Å². The van der Waals surface area contributed by atoms with Gasteiger partial charge in [0.15, 0.2) is 0 Å². The SMILES string of the molecule is C[C@@H]1CCCCN1c1nc2c(c(=O)[nH]1)CCN(Cc1cccc3nccnc13)C2. The minimum atomic E-state index is 0.0263. The van der Waals surface area contributed by atoms with Crippen LogP contribution < -0.4 is 10.5 Å². The zero-order valence-corrected chi connectivity index (χ0v) is 16.8. The summed E-state index contributed by atoms with van der Waals surface area (Å²) in [6, 6.07) is 6.55. The Morgan fingerprint density at radius 1 is 1.17 bits per heavy atom. The molecule has 2 aliphatic rings. The monoisotopic (exact) mass is 390 g/mol. The number of hydrogen-bond donors (Lipinski definition) is 1. The van der Waals surface area contributed by atoms with Crippen LogP contribution in [0.4, 0.5) is 5.95 Å². The molecule has 0 saturated carbocycles. The topological polar surface area (TPSA) is 78.0 Å². The van der Waals surface area contributed by atoms with Gasteiger partial charge in [0.05, 0.1) is 16.7 Å². The molecule has 0 spiro atoms. The highest BCUT2D eigenvalue weighted by molar-refractivity contribution is 5.77. The predicted octanol–water partition coefficient (Wildman–Crippen LogP) is 2.65. The minimum absolute atomic E-state index is 0.0263. The smallest absolute Gasteiger partial charge is 0.255 e. The quantitative estimate of drug-likeness (QED) is 0.741. The van der Waals surface area contributed by atoms with Gasteiger partial charge < -0.3 is 4.90 Å². The minimum Gasteiger partial charge on any atom is -0.340 e. The Bertz CT molecular complexity index is 1090. The summed E-state index contributed by atoms with van der Waals surface area (Å²) < 4.78 is 0. The van der Waals surface area contributed by atoms with Gasteiger partial charge in [0.1, 0.15) is 0 Å². The summed E-state index contributed by atoms with van der Waals surface area (Å²) in [5.41, 5.74) is 4.81. The van der Waals surface area contributed by atoms with Gasteiger partial charge in [-0.15, -0.1) is 0 Å². The van der Waals surface area contributed by atoms with Crippen LogP contribution in [0.15, 0.2) is 35.4 Å². The molecule has 3 aromatic rings. The summed E-state index contributed by atoms with van der Waals surface area (Å²) in [6.07, 6.45) is 7.74. The van der Waals surface area contributed by atoms with Gasteiger partial charge in [-0.3, -0.25) is 24.6 Å². The highest BCUT2D eigenvalue weighted by Gasteiger charge is 2.25. The van der Waals surface area contributed by atoms with Gasteiger partial charge in [-0.25, -0.2) is 4.98 Å². The van der Waals surface area contributed by atoms with E-state index in [1.165, 1.54) is 6.42 Å². The Morgan fingerprint density at radius 3 is 2.97 bits per heavy atom. The Labute approximate surface area is 169 Å². The molecule has 0 bridgehead atoms. The molecule has 1 atom stereocenters. The molecule has 4 heterocycles. The van der Waals surface area contributed by atoms with Crippen LogP contribution in [-0.2, 0) is 19.5 Å². The molecular formula is C22H26N6O. The Hall–Kier alpha value is -2.80. The number of nitrogens with one attached hydrogen (secondary N) is 1. The molecule has 7 nitrogen and oxygen atoms in total. The van der Waals surface area contributed by atoms with Gasteiger partial charge in [-0.1, -0.05) is 12.1 Å². The first-order chi connectivity index (χ1) is 14.2. The molecule has 0 amide bonds. The average Bonchev–Trinajstić information content (AvgIpc) is 2.74. The molecule has 1 N–H and O–H groups in total. The van der Waals surface area contributed by atoms with E-state index in [0.717, 1.165) is 72.7 Å². The fraction of sp³-hybridized carbons (Fsp3) is 0.455. The molecule has 1 fully saturated rings. The Balaban J connectivity index is 1.42. The highest BCUT2D eigenvalue weighted by Crippen LogP contribution is 2.24. The van der Waals surface area contributed by atoms with E-state index in [1.54, 1.807) is 12.4 Å². The summed E-state index contributed by atoms with van der Waals surface area (Å²) in [6.45, 7) is 5.48. The fourth-order valence-corrected chi connectivity index (χ4v) is 4.59. The number of nitrogens with zero attached hydrogens (tertiary/aromatic N) is 5. The fourth-order valence-electron chi connectivity index (χ4n) is 4.59. The molecule has 0 aliphatic carbocycles. The van der Waals surface area contributed by atoms with Crippen LogP contribution in [-0.4, -0.2) is 44.0 Å². The van der Waals surface area contributed by atoms with Crippen LogP contribution in [0.3, 0.4) is 0 Å². The Kier molecular flexibility index (Phi) is 4.75. The molecule has 2 aliphatic heterocycles. The van der Waals surface area contributed by atoms with E-state index < -0.39 is 0 Å². The lowest BCUT2D eigenvalue weighted by Gasteiger charge is -2.35. The van der Waals surface area contributed by atoms with E-state index in [4.69, 9.17) is 4.98 Å². The number of hydrogen-bond acceptors (Lipinski definition) is 6. The summed E-state index contributed by atoms with van der Waals surface area (Å²) >= 11 is 0. The van der Waals surface area contributed by atoms with Crippen molar-refractivity contribution in [1.29, 1.82) is 0 Å². The molecule has 150 valence electrons. The van der Waals surface area contributed by atoms with Crippen molar-refractivity contribution in [1.82, 2.24) is 24.8 Å². The maximum atomic E-state index is 12.7. The maximum absolute atomic E-state index is 12.7. The summed E-state index contributed by atoms with van der Waals surface area (Å²) in [4.78, 5) is 34.2. The predicted molar refractivity (Wildman–Crippen MR) is 113 cm³/mol. The molecule has 5 rings (SSSR count). The zero-order valence-electron chi connectivity index (χ0n) is 16.8. The van der Waals surface area contributed by atoms with Gasteiger partial charge >= 0.3 is 0 Å². The molecule has 2 aromatic heterocycles. The first-order valence-electron chi connectivity index (χ1n) is 10.5.